The molecular formula is C15H28N2O2S. The molecule has 116 valence electrons. The molecule has 5 heteroatoms. The number of nitrogens with zero attached hydrogens (tertiary/aromatic N) is 2. The minimum atomic E-state index is 0.177. The van der Waals surface area contributed by atoms with E-state index in [0.717, 1.165) is 25.3 Å². The first-order valence-electron chi connectivity index (χ1n) is 7.98. The monoisotopic (exact) mass is 300 g/mol. The van der Waals surface area contributed by atoms with E-state index >= 15 is 0 Å². The van der Waals surface area contributed by atoms with Crippen molar-refractivity contribution < 1.29 is 9.53 Å². The molecule has 0 aromatic rings. The zero-order valence-electron chi connectivity index (χ0n) is 12.7. The van der Waals surface area contributed by atoms with Crippen molar-refractivity contribution in [2.24, 2.45) is 0 Å². The third-order valence-corrected chi connectivity index (χ3v) is 5.30. The number of ether oxygens (including phenoxy) is 1. The van der Waals surface area contributed by atoms with Gasteiger partial charge in [-0.15, -0.1) is 0 Å². The molecular weight excluding hydrogens is 272 g/mol. The molecule has 2 heterocycles. The lowest BCUT2D eigenvalue weighted by atomic mass is 10.1. The van der Waals surface area contributed by atoms with Crippen LogP contribution in [-0.2, 0) is 9.53 Å². The molecule has 0 saturated carbocycles. The van der Waals surface area contributed by atoms with E-state index < -0.39 is 0 Å². The predicted molar refractivity (Wildman–Crippen MR) is 84.2 cm³/mol. The third kappa shape index (κ3) is 4.93. The average Bonchev–Trinajstić information content (AvgIpc) is 2.71. The highest BCUT2D eigenvalue weighted by atomic mass is 32.2. The summed E-state index contributed by atoms with van der Waals surface area (Å²) in [6.07, 6.45) is 5.10. The van der Waals surface area contributed by atoms with Crippen LogP contribution in [0.5, 0.6) is 0 Å². The third-order valence-electron chi connectivity index (χ3n) is 4.11. The summed E-state index contributed by atoms with van der Waals surface area (Å²) >= 11 is 2.00. The number of thioether (sulfide) groups is 1. The smallest absolute Gasteiger partial charge is 0.248 e. The molecule has 2 saturated heterocycles. The summed E-state index contributed by atoms with van der Waals surface area (Å²) in [7, 11) is 0. The molecule has 0 spiro atoms. The van der Waals surface area contributed by atoms with Gasteiger partial charge < -0.3 is 14.5 Å². The summed E-state index contributed by atoms with van der Waals surface area (Å²) < 4.78 is 5.32. The number of carbonyl (C=O) groups is 1. The first-order valence-corrected chi connectivity index (χ1v) is 9.14. The van der Waals surface area contributed by atoms with Gasteiger partial charge in [0.2, 0.25) is 5.91 Å². The molecule has 0 aliphatic carbocycles. The van der Waals surface area contributed by atoms with Gasteiger partial charge in [0.05, 0.1) is 6.04 Å². The van der Waals surface area contributed by atoms with Gasteiger partial charge in [0.1, 0.15) is 6.61 Å². The number of piperidine rings is 1. The van der Waals surface area contributed by atoms with Gasteiger partial charge in [0, 0.05) is 25.4 Å². The molecule has 1 atom stereocenters. The van der Waals surface area contributed by atoms with E-state index in [0.29, 0.717) is 12.6 Å². The Balaban J connectivity index is 1.91. The van der Waals surface area contributed by atoms with Gasteiger partial charge in [-0.1, -0.05) is 6.42 Å². The van der Waals surface area contributed by atoms with Gasteiger partial charge in [-0.05, 0) is 45.0 Å². The maximum atomic E-state index is 12.3. The van der Waals surface area contributed by atoms with E-state index in [1.807, 2.05) is 18.7 Å². The fourth-order valence-corrected chi connectivity index (χ4v) is 4.08. The summed E-state index contributed by atoms with van der Waals surface area (Å²) in [6, 6.07) is 0.369. The van der Waals surface area contributed by atoms with E-state index in [9.17, 15) is 4.79 Å². The van der Waals surface area contributed by atoms with Crippen molar-refractivity contribution >= 4 is 17.7 Å². The fraction of sp³-hybridized carbons (Fsp3) is 0.933. The van der Waals surface area contributed by atoms with E-state index in [1.54, 1.807) is 0 Å². The van der Waals surface area contributed by atoms with Crippen LogP contribution in [0.2, 0.25) is 0 Å². The molecule has 0 N–H and O–H groups in total. The average molecular weight is 300 g/mol. The van der Waals surface area contributed by atoms with Crippen LogP contribution >= 0.6 is 11.8 Å². The Morgan fingerprint density at radius 1 is 1.20 bits per heavy atom. The second-order valence-electron chi connectivity index (χ2n) is 5.67. The lowest BCUT2D eigenvalue weighted by Crippen LogP contribution is -2.50. The zero-order valence-corrected chi connectivity index (χ0v) is 13.5. The summed E-state index contributed by atoms with van der Waals surface area (Å²) in [5.74, 6) is 2.43. The van der Waals surface area contributed by atoms with E-state index in [1.165, 1.54) is 38.1 Å². The van der Waals surface area contributed by atoms with Crippen LogP contribution in [0.4, 0.5) is 0 Å². The fourth-order valence-electron chi connectivity index (χ4n) is 3.02. The van der Waals surface area contributed by atoms with Gasteiger partial charge in [-0.3, -0.25) is 4.79 Å². The number of likely N-dealkylation sites (tertiary alicyclic amines) is 1. The van der Waals surface area contributed by atoms with Crippen molar-refractivity contribution in [3.63, 3.8) is 0 Å². The van der Waals surface area contributed by atoms with Gasteiger partial charge in [0.15, 0.2) is 0 Å². The molecule has 2 rings (SSSR count). The van der Waals surface area contributed by atoms with Gasteiger partial charge >= 0.3 is 0 Å². The topological polar surface area (TPSA) is 32.8 Å². The summed E-state index contributed by atoms with van der Waals surface area (Å²) in [5.41, 5.74) is 0. The number of amides is 1. The molecule has 1 amide bonds. The van der Waals surface area contributed by atoms with E-state index in [2.05, 4.69) is 9.80 Å². The lowest BCUT2D eigenvalue weighted by Gasteiger charge is -2.35. The van der Waals surface area contributed by atoms with Gasteiger partial charge in [-0.25, -0.2) is 0 Å². The Hall–Kier alpha value is -0.260. The number of rotatable bonds is 5. The summed E-state index contributed by atoms with van der Waals surface area (Å²) in [6.45, 7) is 7.16. The van der Waals surface area contributed by atoms with Crippen molar-refractivity contribution in [3.8, 4) is 0 Å². The molecule has 0 aromatic heterocycles. The molecule has 0 radical (unpaired) electrons. The maximum absolute atomic E-state index is 12.3. The van der Waals surface area contributed by atoms with Crippen LogP contribution in [0.3, 0.4) is 0 Å². The Kier molecular flexibility index (Phi) is 7.17. The molecule has 2 fully saturated rings. The van der Waals surface area contributed by atoms with Crippen molar-refractivity contribution in [2.45, 2.75) is 38.6 Å². The minimum Gasteiger partial charge on any atom is -0.372 e. The van der Waals surface area contributed by atoms with Gasteiger partial charge in [-0.2, -0.15) is 11.8 Å². The van der Waals surface area contributed by atoms with Crippen LogP contribution in [0, 0.1) is 0 Å². The van der Waals surface area contributed by atoms with E-state index in [4.69, 9.17) is 4.74 Å². The number of hydrogen-bond donors (Lipinski definition) is 0. The summed E-state index contributed by atoms with van der Waals surface area (Å²) in [4.78, 5) is 17.0. The molecule has 0 aromatic carbocycles. The predicted octanol–water partition coefficient (Wildman–Crippen LogP) is 1.84. The van der Waals surface area contributed by atoms with Crippen LogP contribution < -0.4 is 0 Å². The highest BCUT2D eigenvalue weighted by Crippen LogP contribution is 2.19. The first-order chi connectivity index (χ1) is 9.81. The summed E-state index contributed by atoms with van der Waals surface area (Å²) in [5, 5.41) is 0. The van der Waals surface area contributed by atoms with Crippen LogP contribution in [0.25, 0.3) is 0 Å². The number of carbonyl (C=O) groups excluding carboxylic acids is 1. The zero-order chi connectivity index (χ0) is 14.2. The maximum Gasteiger partial charge on any atom is 0.248 e. The normalized spacial score (nSPS) is 25.4. The molecule has 1 unspecified atom stereocenters. The molecule has 0 bridgehead atoms. The molecule has 20 heavy (non-hydrogen) atoms. The Labute approximate surface area is 127 Å². The number of hydrogen-bond acceptors (Lipinski definition) is 4. The standard InChI is InChI=1S/C15H28N2O2S/c1-2-19-12-15(18)17-9-6-10-20-13-14(17)11-16-7-4-3-5-8-16/h14H,2-13H2,1H3. The molecule has 2 aliphatic heterocycles. The highest BCUT2D eigenvalue weighted by molar-refractivity contribution is 7.99. The Bertz CT molecular complexity index is 296. The van der Waals surface area contributed by atoms with Crippen molar-refractivity contribution in [1.29, 1.82) is 0 Å². The first kappa shape index (κ1) is 16.1. The highest BCUT2D eigenvalue weighted by Gasteiger charge is 2.27. The SMILES string of the molecule is CCOCC(=O)N1CCCSCC1CN1CCCCC1. The molecule has 4 nitrogen and oxygen atoms in total. The van der Waals surface area contributed by atoms with Crippen molar-refractivity contribution in [1.82, 2.24) is 9.80 Å². The molecule has 2 aliphatic rings. The van der Waals surface area contributed by atoms with Crippen LogP contribution in [0.1, 0.15) is 32.6 Å². The minimum absolute atomic E-state index is 0.177. The van der Waals surface area contributed by atoms with Crippen LogP contribution in [0.15, 0.2) is 0 Å². The van der Waals surface area contributed by atoms with Crippen molar-refractivity contribution in [2.75, 3.05) is 50.9 Å². The Morgan fingerprint density at radius 2 is 2.00 bits per heavy atom. The van der Waals surface area contributed by atoms with Crippen molar-refractivity contribution in [3.05, 3.63) is 0 Å². The van der Waals surface area contributed by atoms with Crippen LogP contribution in [-0.4, -0.2) is 72.6 Å². The van der Waals surface area contributed by atoms with Gasteiger partial charge in [0.25, 0.3) is 0 Å². The lowest BCUT2D eigenvalue weighted by molar-refractivity contribution is -0.138. The van der Waals surface area contributed by atoms with E-state index in [-0.39, 0.29) is 12.5 Å². The Morgan fingerprint density at radius 3 is 2.75 bits per heavy atom. The second kappa shape index (κ2) is 8.90. The second-order valence-corrected chi connectivity index (χ2v) is 6.82. The largest absolute Gasteiger partial charge is 0.372 e. The quantitative estimate of drug-likeness (QED) is 0.776.